The molecule has 102 valence electrons. The monoisotopic (exact) mass is 261 g/mol. The fraction of sp³-hybridized carbons (Fsp3) is 0.429. The number of rotatable bonds is 3. The van der Waals surface area contributed by atoms with Crippen LogP contribution in [0.1, 0.15) is 31.2 Å². The van der Waals surface area contributed by atoms with Gasteiger partial charge in [0.15, 0.2) is 5.84 Å². The summed E-state index contributed by atoms with van der Waals surface area (Å²) >= 11 is 0. The second kappa shape index (κ2) is 5.73. The molecular formula is C14H19N3O2. The molecule has 1 aromatic carbocycles. The van der Waals surface area contributed by atoms with Crippen molar-refractivity contribution in [1.82, 2.24) is 0 Å². The van der Waals surface area contributed by atoms with E-state index in [9.17, 15) is 4.79 Å². The van der Waals surface area contributed by atoms with Crippen LogP contribution in [0.5, 0.6) is 0 Å². The van der Waals surface area contributed by atoms with Gasteiger partial charge in [0.2, 0.25) is 5.91 Å². The number of amides is 1. The number of carbonyl (C=O) groups is 1. The van der Waals surface area contributed by atoms with E-state index < -0.39 is 0 Å². The van der Waals surface area contributed by atoms with Crippen molar-refractivity contribution in [2.75, 3.05) is 11.9 Å². The Morgan fingerprint density at radius 1 is 1.37 bits per heavy atom. The molecule has 3 N–H and O–H groups in total. The Morgan fingerprint density at radius 2 is 2.00 bits per heavy atom. The molecule has 0 heterocycles. The summed E-state index contributed by atoms with van der Waals surface area (Å²) in [6.45, 7) is 0. The number of anilines is 1. The zero-order valence-electron chi connectivity index (χ0n) is 11.0. The summed E-state index contributed by atoms with van der Waals surface area (Å²) in [5.41, 5.74) is 6.89. The maximum atomic E-state index is 12.4. The average molecular weight is 261 g/mol. The molecule has 0 radical (unpaired) electrons. The molecule has 0 aliphatic heterocycles. The van der Waals surface area contributed by atoms with E-state index in [1.54, 1.807) is 30.1 Å². The van der Waals surface area contributed by atoms with Crippen molar-refractivity contribution in [1.29, 1.82) is 0 Å². The molecule has 1 aliphatic carbocycles. The van der Waals surface area contributed by atoms with Crippen LogP contribution in [-0.2, 0) is 4.79 Å². The molecular weight excluding hydrogens is 242 g/mol. The van der Waals surface area contributed by atoms with Gasteiger partial charge in [0.05, 0.1) is 5.69 Å². The van der Waals surface area contributed by atoms with Gasteiger partial charge in [0.1, 0.15) is 0 Å². The molecule has 0 atom stereocenters. The summed E-state index contributed by atoms with van der Waals surface area (Å²) in [6.07, 6.45) is 4.14. The molecule has 1 fully saturated rings. The highest BCUT2D eigenvalue weighted by atomic mass is 16.4. The second-order valence-electron chi connectivity index (χ2n) is 4.88. The summed E-state index contributed by atoms with van der Waals surface area (Å²) < 4.78 is 0. The van der Waals surface area contributed by atoms with Gasteiger partial charge in [-0.05, 0) is 25.0 Å². The molecule has 1 saturated carbocycles. The van der Waals surface area contributed by atoms with Crippen LogP contribution in [0.2, 0.25) is 0 Å². The van der Waals surface area contributed by atoms with Gasteiger partial charge >= 0.3 is 0 Å². The smallest absolute Gasteiger partial charge is 0.229 e. The first-order valence-corrected chi connectivity index (χ1v) is 6.49. The maximum Gasteiger partial charge on any atom is 0.229 e. The van der Waals surface area contributed by atoms with Crippen molar-refractivity contribution in [3.63, 3.8) is 0 Å². The Kier molecular flexibility index (Phi) is 4.04. The van der Waals surface area contributed by atoms with Gasteiger partial charge in [-0.3, -0.25) is 4.79 Å². The zero-order valence-corrected chi connectivity index (χ0v) is 11.0. The Balaban J connectivity index is 2.28. The van der Waals surface area contributed by atoms with Crippen molar-refractivity contribution in [2.24, 2.45) is 16.8 Å². The summed E-state index contributed by atoms with van der Waals surface area (Å²) in [7, 11) is 1.74. The van der Waals surface area contributed by atoms with Crippen LogP contribution < -0.4 is 10.6 Å². The van der Waals surface area contributed by atoms with Crippen molar-refractivity contribution in [3.05, 3.63) is 29.8 Å². The van der Waals surface area contributed by atoms with E-state index in [1.807, 2.05) is 6.07 Å². The summed E-state index contributed by atoms with van der Waals surface area (Å²) in [5, 5.41) is 11.8. The molecule has 2 rings (SSSR count). The van der Waals surface area contributed by atoms with Crippen LogP contribution in [0.15, 0.2) is 29.4 Å². The van der Waals surface area contributed by atoms with Crippen LogP contribution in [0.25, 0.3) is 0 Å². The fourth-order valence-corrected chi connectivity index (χ4v) is 2.60. The highest BCUT2D eigenvalue weighted by Crippen LogP contribution is 2.29. The summed E-state index contributed by atoms with van der Waals surface area (Å²) in [5.74, 6) is 0.225. The number of oxime groups is 1. The highest BCUT2D eigenvalue weighted by molar-refractivity contribution is 6.06. The van der Waals surface area contributed by atoms with Gasteiger partial charge in [0.25, 0.3) is 0 Å². The third-order valence-electron chi connectivity index (χ3n) is 3.68. The molecule has 0 spiro atoms. The molecule has 1 aliphatic rings. The van der Waals surface area contributed by atoms with Crippen LogP contribution in [0, 0.1) is 5.92 Å². The van der Waals surface area contributed by atoms with E-state index in [0.29, 0.717) is 11.3 Å². The van der Waals surface area contributed by atoms with E-state index in [0.717, 1.165) is 25.7 Å². The molecule has 5 nitrogen and oxygen atoms in total. The standard InChI is InChI=1S/C14H19N3O2/c1-17(14(18)10-6-2-3-7-10)12-9-5-4-8-11(12)13(15)16-19/h4-5,8-10,19H,2-3,6-7H2,1H3,(H2,15,16). The SMILES string of the molecule is CN(C(=O)C1CCCC1)c1ccccc1C(N)=NO. The third-order valence-corrected chi connectivity index (χ3v) is 3.68. The number of amidine groups is 1. The van der Waals surface area contributed by atoms with Gasteiger partial charge in [-0.15, -0.1) is 0 Å². The number of hydrogen-bond donors (Lipinski definition) is 2. The number of nitrogens with zero attached hydrogens (tertiary/aromatic N) is 2. The molecule has 1 amide bonds. The molecule has 5 heteroatoms. The topological polar surface area (TPSA) is 78.9 Å². The minimum absolute atomic E-state index is 0.0154. The van der Waals surface area contributed by atoms with Crippen LogP contribution in [0.3, 0.4) is 0 Å². The van der Waals surface area contributed by atoms with E-state index in [2.05, 4.69) is 5.16 Å². The largest absolute Gasteiger partial charge is 0.409 e. The number of hydrogen-bond acceptors (Lipinski definition) is 3. The number of nitrogens with two attached hydrogens (primary N) is 1. The lowest BCUT2D eigenvalue weighted by atomic mass is 10.1. The van der Waals surface area contributed by atoms with Gasteiger partial charge in [0, 0.05) is 18.5 Å². The molecule has 0 aromatic heterocycles. The fourth-order valence-electron chi connectivity index (χ4n) is 2.60. The van der Waals surface area contributed by atoms with Crippen molar-refractivity contribution >= 4 is 17.4 Å². The quantitative estimate of drug-likeness (QED) is 0.377. The normalized spacial score (nSPS) is 16.6. The zero-order chi connectivity index (χ0) is 13.8. The molecule has 1 aromatic rings. The molecule has 0 bridgehead atoms. The average Bonchev–Trinajstić information content (AvgIpc) is 2.99. The number of carbonyl (C=O) groups excluding carboxylic acids is 1. The minimum atomic E-state index is 0.0154. The number of para-hydroxylation sites is 1. The van der Waals surface area contributed by atoms with E-state index in [1.165, 1.54) is 0 Å². The first-order valence-electron chi connectivity index (χ1n) is 6.49. The van der Waals surface area contributed by atoms with Crippen molar-refractivity contribution in [2.45, 2.75) is 25.7 Å². The minimum Gasteiger partial charge on any atom is -0.409 e. The Bertz CT molecular complexity index is 493. The van der Waals surface area contributed by atoms with E-state index in [-0.39, 0.29) is 17.7 Å². The van der Waals surface area contributed by atoms with E-state index in [4.69, 9.17) is 10.9 Å². The maximum absolute atomic E-state index is 12.4. The molecule has 0 unspecified atom stereocenters. The lowest BCUT2D eigenvalue weighted by Crippen LogP contribution is -2.33. The first kappa shape index (κ1) is 13.4. The van der Waals surface area contributed by atoms with Crippen LogP contribution >= 0.6 is 0 Å². The van der Waals surface area contributed by atoms with Gasteiger partial charge < -0.3 is 15.8 Å². The van der Waals surface area contributed by atoms with Gasteiger partial charge in [-0.25, -0.2) is 0 Å². The number of benzene rings is 1. The predicted molar refractivity (Wildman–Crippen MR) is 74.3 cm³/mol. The molecule has 0 saturated heterocycles. The summed E-state index contributed by atoms with van der Waals surface area (Å²) in [6, 6.07) is 7.18. The van der Waals surface area contributed by atoms with Crippen molar-refractivity contribution in [3.8, 4) is 0 Å². The van der Waals surface area contributed by atoms with Crippen molar-refractivity contribution < 1.29 is 10.0 Å². The van der Waals surface area contributed by atoms with E-state index >= 15 is 0 Å². The lowest BCUT2D eigenvalue weighted by molar-refractivity contribution is -0.121. The lowest BCUT2D eigenvalue weighted by Gasteiger charge is -2.23. The second-order valence-corrected chi connectivity index (χ2v) is 4.88. The Labute approximate surface area is 112 Å². The van der Waals surface area contributed by atoms with Crippen LogP contribution in [0.4, 0.5) is 5.69 Å². The summed E-state index contributed by atoms with van der Waals surface area (Å²) in [4.78, 5) is 14.0. The van der Waals surface area contributed by atoms with Gasteiger partial charge in [-0.1, -0.05) is 30.1 Å². The highest BCUT2D eigenvalue weighted by Gasteiger charge is 2.27. The Morgan fingerprint density at radius 3 is 2.63 bits per heavy atom. The van der Waals surface area contributed by atoms with Crippen LogP contribution in [-0.4, -0.2) is 24.0 Å². The first-order chi connectivity index (χ1) is 9.15. The molecule has 19 heavy (non-hydrogen) atoms. The predicted octanol–water partition coefficient (Wildman–Crippen LogP) is 1.93. The third kappa shape index (κ3) is 2.70. The van der Waals surface area contributed by atoms with Gasteiger partial charge in [-0.2, -0.15) is 0 Å². The Hall–Kier alpha value is -2.04.